The molecule has 1 aliphatic rings. The summed E-state index contributed by atoms with van der Waals surface area (Å²) >= 11 is 0. The zero-order valence-electron chi connectivity index (χ0n) is 8.21. The van der Waals surface area contributed by atoms with Crippen LogP contribution in [0.1, 0.15) is 6.23 Å². The Morgan fingerprint density at radius 3 is 3.00 bits per heavy atom. The van der Waals surface area contributed by atoms with E-state index >= 15 is 0 Å². The Kier molecular flexibility index (Phi) is 2.71. The first-order valence-corrected chi connectivity index (χ1v) is 4.60. The number of aliphatic hydroxyl groups excluding tert-OH is 1. The smallest absolute Gasteiger partial charge is 0.352 e. The lowest BCUT2D eigenvalue weighted by atomic mass is 10.4. The molecule has 0 aliphatic carbocycles. The third kappa shape index (κ3) is 1.82. The van der Waals surface area contributed by atoms with Crippen LogP contribution in [0, 0.1) is 5.82 Å². The van der Waals surface area contributed by atoms with E-state index in [1.807, 2.05) is 0 Å². The number of aromatic nitrogens is 2. The van der Waals surface area contributed by atoms with Gasteiger partial charge in [-0.15, -0.1) is 0 Å². The van der Waals surface area contributed by atoms with Crippen LogP contribution in [0.25, 0.3) is 0 Å². The Morgan fingerprint density at radius 1 is 1.62 bits per heavy atom. The van der Waals surface area contributed by atoms with E-state index in [0.717, 1.165) is 10.8 Å². The summed E-state index contributed by atoms with van der Waals surface area (Å²) in [6.07, 6.45) is 2.81. The van der Waals surface area contributed by atoms with E-state index in [0.29, 0.717) is 0 Å². The molecular formula is C9H10FN3O3. The summed E-state index contributed by atoms with van der Waals surface area (Å²) in [5.41, 5.74) is 4.44. The van der Waals surface area contributed by atoms with Crippen LogP contribution in [-0.2, 0) is 4.74 Å². The van der Waals surface area contributed by atoms with Crippen molar-refractivity contribution >= 4 is 5.82 Å². The number of nitrogens with zero attached hydrogens (tertiary/aromatic N) is 2. The largest absolute Gasteiger partial charge is 0.393 e. The van der Waals surface area contributed by atoms with Gasteiger partial charge in [-0.3, -0.25) is 4.57 Å². The van der Waals surface area contributed by atoms with Crippen molar-refractivity contribution in [2.75, 3.05) is 12.3 Å². The van der Waals surface area contributed by atoms with E-state index < -0.39 is 29.7 Å². The van der Waals surface area contributed by atoms with Crippen LogP contribution in [0.5, 0.6) is 0 Å². The SMILES string of the molecule is Nc1nc(=O)n([C@@H]2C=C[C@@H](CO)O2)cc1F. The minimum atomic E-state index is -0.788. The molecule has 2 heterocycles. The molecule has 1 aromatic rings. The van der Waals surface area contributed by atoms with E-state index in [-0.39, 0.29) is 6.61 Å². The van der Waals surface area contributed by atoms with E-state index in [1.165, 1.54) is 0 Å². The van der Waals surface area contributed by atoms with Crippen molar-refractivity contribution in [3.63, 3.8) is 0 Å². The number of halogens is 1. The van der Waals surface area contributed by atoms with Crippen molar-refractivity contribution in [1.82, 2.24) is 9.55 Å². The van der Waals surface area contributed by atoms with Crippen LogP contribution in [0.4, 0.5) is 10.2 Å². The predicted octanol–water partition coefficient (Wildman–Crippen LogP) is -0.590. The van der Waals surface area contributed by atoms with Gasteiger partial charge >= 0.3 is 5.69 Å². The molecule has 0 bridgehead atoms. The van der Waals surface area contributed by atoms with Crippen LogP contribution in [0.2, 0.25) is 0 Å². The highest BCUT2D eigenvalue weighted by molar-refractivity contribution is 5.26. The molecule has 7 heteroatoms. The average molecular weight is 227 g/mol. The van der Waals surface area contributed by atoms with Gasteiger partial charge in [0, 0.05) is 0 Å². The van der Waals surface area contributed by atoms with Crippen molar-refractivity contribution < 1.29 is 14.2 Å². The maximum atomic E-state index is 13.1. The number of rotatable bonds is 2. The zero-order valence-corrected chi connectivity index (χ0v) is 8.21. The lowest BCUT2D eigenvalue weighted by Crippen LogP contribution is -2.29. The minimum absolute atomic E-state index is 0.202. The second-order valence-electron chi connectivity index (χ2n) is 3.30. The van der Waals surface area contributed by atoms with Crippen molar-refractivity contribution in [2.45, 2.75) is 12.3 Å². The summed E-state index contributed by atoms with van der Waals surface area (Å²) < 4.78 is 19.3. The van der Waals surface area contributed by atoms with Crippen molar-refractivity contribution in [3.8, 4) is 0 Å². The van der Waals surface area contributed by atoms with Gasteiger partial charge in [0.2, 0.25) is 0 Å². The number of nitrogen functional groups attached to an aromatic ring is 1. The highest BCUT2D eigenvalue weighted by Crippen LogP contribution is 2.19. The quantitative estimate of drug-likeness (QED) is 0.659. The van der Waals surface area contributed by atoms with Crippen molar-refractivity contribution in [1.29, 1.82) is 0 Å². The molecule has 6 nitrogen and oxygen atoms in total. The summed E-state index contributed by atoms with van der Waals surface area (Å²) in [6.45, 7) is -0.202. The van der Waals surface area contributed by atoms with E-state index in [9.17, 15) is 9.18 Å². The number of nitrogens with two attached hydrogens (primary N) is 1. The van der Waals surface area contributed by atoms with Gasteiger partial charge in [0.25, 0.3) is 0 Å². The number of ether oxygens (including phenoxy) is 1. The first kappa shape index (κ1) is 10.8. The fourth-order valence-corrected chi connectivity index (χ4v) is 1.39. The fraction of sp³-hybridized carbons (Fsp3) is 0.333. The van der Waals surface area contributed by atoms with Crippen LogP contribution in [-0.4, -0.2) is 27.4 Å². The van der Waals surface area contributed by atoms with E-state index in [4.69, 9.17) is 15.6 Å². The van der Waals surface area contributed by atoms with E-state index in [2.05, 4.69) is 4.98 Å². The Balaban J connectivity index is 2.33. The van der Waals surface area contributed by atoms with Crippen molar-refractivity contribution in [3.05, 3.63) is 34.7 Å². The van der Waals surface area contributed by atoms with Gasteiger partial charge in [0.1, 0.15) is 6.10 Å². The van der Waals surface area contributed by atoms with Gasteiger partial charge in [-0.2, -0.15) is 4.98 Å². The summed E-state index contributed by atoms with van der Waals surface area (Å²) in [6, 6.07) is 0. The molecule has 3 N–H and O–H groups in total. The molecule has 0 saturated heterocycles. The molecule has 0 saturated carbocycles. The third-order valence-electron chi connectivity index (χ3n) is 2.19. The van der Waals surface area contributed by atoms with Crippen molar-refractivity contribution in [2.24, 2.45) is 0 Å². The van der Waals surface area contributed by atoms with Gasteiger partial charge in [0.15, 0.2) is 17.9 Å². The van der Waals surface area contributed by atoms with Crippen LogP contribution in [0.15, 0.2) is 23.1 Å². The maximum absolute atomic E-state index is 13.1. The highest BCUT2D eigenvalue weighted by atomic mass is 19.1. The molecule has 0 aromatic carbocycles. The number of aliphatic hydroxyl groups is 1. The van der Waals surface area contributed by atoms with E-state index in [1.54, 1.807) is 12.2 Å². The molecule has 0 amide bonds. The van der Waals surface area contributed by atoms with Crippen LogP contribution >= 0.6 is 0 Å². The molecule has 16 heavy (non-hydrogen) atoms. The molecule has 0 fully saturated rings. The van der Waals surface area contributed by atoms with Crippen LogP contribution < -0.4 is 11.4 Å². The zero-order chi connectivity index (χ0) is 11.7. The molecular weight excluding hydrogens is 217 g/mol. The van der Waals surface area contributed by atoms with Gasteiger partial charge < -0.3 is 15.6 Å². The Bertz CT molecular complexity index is 485. The minimum Gasteiger partial charge on any atom is -0.393 e. The second kappa shape index (κ2) is 4.03. The average Bonchev–Trinajstić information content (AvgIpc) is 2.71. The summed E-state index contributed by atoms with van der Waals surface area (Å²) in [4.78, 5) is 14.7. The van der Waals surface area contributed by atoms with Gasteiger partial charge in [0.05, 0.1) is 12.8 Å². The summed E-state index contributed by atoms with van der Waals surface area (Å²) in [5.74, 6) is -1.23. The van der Waals surface area contributed by atoms with Gasteiger partial charge in [-0.25, -0.2) is 9.18 Å². The predicted molar refractivity (Wildman–Crippen MR) is 53.0 cm³/mol. The molecule has 1 aromatic heterocycles. The first-order valence-electron chi connectivity index (χ1n) is 4.60. The summed E-state index contributed by atoms with van der Waals surface area (Å²) in [7, 11) is 0. The molecule has 2 atom stereocenters. The lowest BCUT2D eigenvalue weighted by molar-refractivity contribution is -0.0106. The monoisotopic (exact) mass is 227 g/mol. The number of hydrogen-bond acceptors (Lipinski definition) is 5. The lowest BCUT2D eigenvalue weighted by Gasteiger charge is -2.14. The fourth-order valence-electron chi connectivity index (χ4n) is 1.39. The molecule has 0 spiro atoms. The molecule has 2 rings (SSSR count). The molecule has 0 unspecified atom stereocenters. The highest BCUT2D eigenvalue weighted by Gasteiger charge is 2.21. The molecule has 1 aliphatic heterocycles. The van der Waals surface area contributed by atoms with Gasteiger partial charge in [-0.1, -0.05) is 6.08 Å². The Hall–Kier alpha value is -1.73. The third-order valence-corrected chi connectivity index (χ3v) is 2.19. The number of anilines is 1. The topological polar surface area (TPSA) is 90.4 Å². The second-order valence-corrected chi connectivity index (χ2v) is 3.30. The normalized spacial score (nSPS) is 23.9. The molecule has 86 valence electrons. The first-order chi connectivity index (χ1) is 7.61. The van der Waals surface area contributed by atoms with Crippen LogP contribution in [0.3, 0.4) is 0 Å². The summed E-state index contributed by atoms with van der Waals surface area (Å²) in [5, 5.41) is 8.83. The number of hydrogen-bond donors (Lipinski definition) is 2. The Morgan fingerprint density at radius 2 is 2.38 bits per heavy atom. The standard InChI is InChI=1S/C9H10FN3O3/c10-6-3-13(9(15)12-8(6)11)7-2-1-5(4-14)16-7/h1-3,5,7,14H,4H2,(H2,11,12,15)/t5-,7-/m0/s1. The molecule has 0 radical (unpaired) electrons. The Labute approximate surface area is 89.8 Å². The maximum Gasteiger partial charge on any atom is 0.352 e. The van der Waals surface area contributed by atoms with Gasteiger partial charge in [-0.05, 0) is 6.08 Å².